The maximum atomic E-state index is 11.6. The van der Waals surface area contributed by atoms with Gasteiger partial charge < -0.3 is 4.74 Å². The molecule has 0 aliphatic heterocycles. The summed E-state index contributed by atoms with van der Waals surface area (Å²) in [6.45, 7) is 0. The smallest absolute Gasteiger partial charge is 0.313 e. The summed E-state index contributed by atoms with van der Waals surface area (Å²) < 4.78 is 5.89. The molecule has 2 nitrogen and oxygen atoms in total. The van der Waals surface area contributed by atoms with Crippen molar-refractivity contribution in [2.24, 2.45) is 0 Å². The van der Waals surface area contributed by atoms with Crippen molar-refractivity contribution in [3.8, 4) is 0 Å². The van der Waals surface area contributed by atoms with Crippen molar-refractivity contribution in [2.45, 2.75) is 18.8 Å². The number of alkyl halides is 1. The second kappa shape index (κ2) is 6.82. The highest BCUT2D eigenvalue weighted by Crippen LogP contribution is 2.22. The summed E-state index contributed by atoms with van der Waals surface area (Å²) in [6.07, 6.45) is 1.90. The summed E-state index contributed by atoms with van der Waals surface area (Å²) >= 11 is 2.32. The summed E-state index contributed by atoms with van der Waals surface area (Å²) in [6, 6.07) is 9.82. The van der Waals surface area contributed by atoms with Gasteiger partial charge in [0.05, 0.1) is 13.0 Å². The number of halogens is 1. The van der Waals surface area contributed by atoms with Crippen LogP contribution in [0.15, 0.2) is 30.3 Å². The van der Waals surface area contributed by atoms with Crippen molar-refractivity contribution in [1.82, 2.24) is 0 Å². The molecule has 15 heavy (non-hydrogen) atoms. The lowest BCUT2D eigenvalue weighted by molar-refractivity contribution is -0.142. The molecule has 1 aromatic rings. The lowest BCUT2D eigenvalue weighted by atomic mass is 9.95. The van der Waals surface area contributed by atoms with E-state index in [4.69, 9.17) is 4.74 Å². The summed E-state index contributed by atoms with van der Waals surface area (Å²) in [5.74, 6) is -0.239. The maximum absolute atomic E-state index is 11.6. The fraction of sp³-hybridized carbons (Fsp3) is 0.417. The van der Waals surface area contributed by atoms with E-state index in [1.807, 2.05) is 30.3 Å². The molecule has 0 heterocycles. The van der Waals surface area contributed by atoms with Crippen LogP contribution in [0.25, 0.3) is 0 Å². The van der Waals surface area contributed by atoms with E-state index in [0.29, 0.717) is 0 Å². The number of rotatable bonds is 5. The first-order valence-electron chi connectivity index (χ1n) is 4.98. The van der Waals surface area contributed by atoms with E-state index in [1.165, 1.54) is 7.11 Å². The summed E-state index contributed by atoms with van der Waals surface area (Å²) in [5.41, 5.74) is 1.05. The first-order valence-corrected chi connectivity index (χ1v) is 6.51. The Hall–Kier alpha value is -0.580. The number of hydrogen-bond donors (Lipinski definition) is 0. The standard InChI is InChI=1S/C12H15IO2/c1-15-12(14)11(8-5-9-13)10-6-3-2-4-7-10/h2-4,6-7,11H,5,8-9H2,1H3/t11-/m1/s1. The Morgan fingerprint density at radius 2 is 2.07 bits per heavy atom. The van der Waals surface area contributed by atoms with Crippen LogP contribution in [0.5, 0.6) is 0 Å². The van der Waals surface area contributed by atoms with Gasteiger partial charge in [-0.05, 0) is 22.8 Å². The molecule has 0 unspecified atom stereocenters. The van der Waals surface area contributed by atoms with Crippen molar-refractivity contribution >= 4 is 28.6 Å². The molecule has 0 bridgehead atoms. The molecule has 82 valence electrons. The molecule has 0 aliphatic rings. The minimum Gasteiger partial charge on any atom is -0.469 e. The van der Waals surface area contributed by atoms with Crippen LogP contribution in [-0.2, 0) is 9.53 Å². The fourth-order valence-corrected chi connectivity index (χ4v) is 1.97. The topological polar surface area (TPSA) is 26.3 Å². The third kappa shape index (κ3) is 3.81. The molecule has 3 heteroatoms. The number of esters is 1. The zero-order valence-electron chi connectivity index (χ0n) is 8.78. The lowest BCUT2D eigenvalue weighted by Gasteiger charge is -2.14. The number of carbonyl (C=O) groups excluding carboxylic acids is 1. The van der Waals surface area contributed by atoms with Crippen molar-refractivity contribution in [3.05, 3.63) is 35.9 Å². The van der Waals surface area contributed by atoms with E-state index in [-0.39, 0.29) is 11.9 Å². The van der Waals surface area contributed by atoms with Gasteiger partial charge in [-0.2, -0.15) is 0 Å². The van der Waals surface area contributed by atoms with Crippen LogP contribution in [0.2, 0.25) is 0 Å². The molecule has 0 saturated carbocycles. The molecule has 0 aromatic heterocycles. The summed E-state index contributed by atoms with van der Waals surface area (Å²) in [5, 5.41) is 0. The summed E-state index contributed by atoms with van der Waals surface area (Å²) in [7, 11) is 1.45. The Labute approximate surface area is 104 Å². The van der Waals surface area contributed by atoms with Crippen molar-refractivity contribution < 1.29 is 9.53 Å². The van der Waals surface area contributed by atoms with E-state index >= 15 is 0 Å². The van der Waals surface area contributed by atoms with Gasteiger partial charge in [0.2, 0.25) is 0 Å². The van der Waals surface area contributed by atoms with Crippen molar-refractivity contribution in [3.63, 3.8) is 0 Å². The number of ether oxygens (including phenoxy) is 1. The predicted octanol–water partition coefficient (Wildman–Crippen LogP) is 3.16. The van der Waals surface area contributed by atoms with Crippen LogP contribution in [0.4, 0.5) is 0 Å². The van der Waals surface area contributed by atoms with Gasteiger partial charge in [0.1, 0.15) is 0 Å². The molecule has 0 fully saturated rings. The van der Waals surface area contributed by atoms with E-state index < -0.39 is 0 Å². The number of hydrogen-bond acceptors (Lipinski definition) is 2. The fourth-order valence-electron chi connectivity index (χ4n) is 1.53. The number of methoxy groups -OCH3 is 1. The van der Waals surface area contributed by atoms with Gasteiger partial charge >= 0.3 is 5.97 Å². The van der Waals surface area contributed by atoms with Crippen molar-refractivity contribution in [1.29, 1.82) is 0 Å². The first kappa shape index (κ1) is 12.5. The maximum Gasteiger partial charge on any atom is 0.313 e. The van der Waals surface area contributed by atoms with Crippen LogP contribution in [0, 0.1) is 0 Å². The number of benzene rings is 1. The Morgan fingerprint density at radius 3 is 2.60 bits per heavy atom. The van der Waals surface area contributed by atoms with Gasteiger partial charge in [-0.1, -0.05) is 52.9 Å². The molecule has 0 amide bonds. The Kier molecular flexibility index (Phi) is 5.68. The SMILES string of the molecule is COC(=O)[C@H](CCCI)c1ccccc1. The number of carbonyl (C=O) groups is 1. The largest absolute Gasteiger partial charge is 0.469 e. The highest BCUT2D eigenvalue weighted by atomic mass is 127. The third-order valence-electron chi connectivity index (χ3n) is 2.31. The Bertz CT molecular complexity index is 298. The van der Waals surface area contributed by atoms with Gasteiger partial charge in [0.15, 0.2) is 0 Å². The average molecular weight is 318 g/mol. The molecular formula is C12H15IO2. The van der Waals surface area contributed by atoms with E-state index in [2.05, 4.69) is 22.6 Å². The molecule has 0 aliphatic carbocycles. The Morgan fingerprint density at radius 1 is 1.40 bits per heavy atom. The molecule has 1 atom stereocenters. The zero-order valence-corrected chi connectivity index (χ0v) is 10.9. The molecule has 1 rings (SSSR count). The van der Waals surface area contributed by atoms with Crippen LogP contribution >= 0.6 is 22.6 Å². The molecule has 0 saturated heterocycles. The Balaban J connectivity index is 2.76. The molecule has 1 aromatic carbocycles. The average Bonchev–Trinajstić information content (AvgIpc) is 2.30. The quantitative estimate of drug-likeness (QED) is 0.474. The van der Waals surface area contributed by atoms with E-state index in [0.717, 1.165) is 22.8 Å². The monoisotopic (exact) mass is 318 g/mol. The van der Waals surface area contributed by atoms with Crippen LogP contribution in [0.1, 0.15) is 24.3 Å². The summed E-state index contributed by atoms with van der Waals surface area (Å²) in [4.78, 5) is 11.6. The van der Waals surface area contributed by atoms with Gasteiger partial charge in [0, 0.05) is 0 Å². The van der Waals surface area contributed by atoms with Gasteiger partial charge in [-0.25, -0.2) is 0 Å². The normalized spacial score (nSPS) is 12.1. The highest BCUT2D eigenvalue weighted by Gasteiger charge is 2.20. The second-order valence-electron chi connectivity index (χ2n) is 3.32. The predicted molar refractivity (Wildman–Crippen MR) is 69.3 cm³/mol. The minimum atomic E-state index is -0.133. The lowest BCUT2D eigenvalue weighted by Crippen LogP contribution is -2.14. The molecule has 0 radical (unpaired) electrons. The second-order valence-corrected chi connectivity index (χ2v) is 4.40. The molecular weight excluding hydrogens is 303 g/mol. The van der Waals surface area contributed by atoms with Crippen LogP contribution in [0.3, 0.4) is 0 Å². The molecule has 0 N–H and O–H groups in total. The van der Waals surface area contributed by atoms with Gasteiger partial charge in [0.25, 0.3) is 0 Å². The first-order chi connectivity index (χ1) is 7.29. The van der Waals surface area contributed by atoms with Gasteiger partial charge in [-0.3, -0.25) is 4.79 Å². The molecule has 0 spiro atoms. The van der Waals surface area contributed by atoms with E-state index in [9.17, 15) is 4.79 Å². The van der Waals surface area contributed by atoms with Crippen LogP contribution < -0.4 is 0 Å². The minimum absolute atomic E-state index is 0.106. The third-order valence-corrected chi connectivity index (χ3v) is 3.08. The van der Waals surface area contributed by atoms with Gasteiger partial charge in [-0.15, -0.1) is 0 Å². The van der Waals surface area contributed by atoms with E-state index in [1.54, 1.807) is 0 Å². The zero-order chi connectivity index (χ0) is 11.1. The van der Waals surface area contributed by atoms with Crippen molar-refractivity contribution in [2.75, 3.05) is 11.5 Å². The highest BCUT2D eigenvalue weighted by molar-refractivity contribution is 14.1. The van der Waals surface area contributed by atoms with Crippen LogP contribution in [-0.4, -0.2) is 17.5 Å².